The molecule has 0 spiro atoms. The van der Waals surface area contributed by atoms with Crippen LogP contribution in [0.4, 0.5) is 22.0 Å². The molecule has 0 aliphatic heterocycles. The summed E-state index contributed by atoms with van der Waals surface area (Å²) in [6.45, 7) is 0. The summed E-state index contributed by atoms with van der Waals surface area (Å²) in [6.07, 6.45) is -1.53. The van der Waals surface area contributed by atoms with Crippen molar-refractivity contribution in [3.63, 3.8) is 0 Å². The Labute approximate surface area is 227 Å². The number of rotatable bonds is 9. The lowest BCUT2D eigenvalue weighted by Crippen LogP contribution is -2.37. The molecule has 2 aromatic heterocycles. The Hall–Kier alpha value is -3.57. The molecule has 2 N–H and O–H groups in total. The van der Waals surface area contributed by atoms with E-state index < -0.39 is 42.9 Å². The van der Waals surface area contributed by atoms with Gasteiger partial charge in [0.15, 0.2) is 5.65 Å². The third kappa shape index (κ3) is 6.95. The fourth-order valence-corrected chi connectivity index (χ4v) is 5.28. The van der Waals surface area contributed by atoms with Crippen LogP contribution in [0.15, 0.2) is 48.8 Å². The topological polar surface area (TPSA) is 88.4 Å². The number of alkyl halides is 5. The van der Waals surface area contributed by atoms with Gasteiger partial charge in [0.1, 0.15) is 0 Å². The Morgan fingerprint density at radius 1 is 1.00 bits per heavy atom. The molecule has 1 aromatic carbocycles. The average molecular weight is 564 g/mol. The van der Waals surface area contributed by atoms with Crippen LogP contribution in [0.3, 0.4) is 0 Å². The van der Waals surface area contributed by atoms with E-state index in [4.69, 9.17) is 0 Å². The maximum absolute atomic E-state index is 13.9. The minimum atomic E-state index is -4.42. The number of carbonyl (C=O) groups is 2. The van der Waals surface area contributed by atoms with Crippen LogP contribution in [0.1, 0.15) is 85.1 Å². The molecule has 214 valence electrons. The van der Waals surface area contributed by atoms with Crippen LogP contribution in [-0.4, -0.2) is 38.5 Å². The molecular weight excluding hydrogens is 533 g/mol. The van der Waals surface area contributed by atoms with Crippen molar-refractivity contribution in [3.05, 3.63) is 65.6 Å². The van der Waals surface area contributed by atoms with E-state index in [2.05, 4.69) is 20.7 Å². The predicted molar refractivity (Wildman–Crippen MR) is 135 cm³/mol. The molecule has 2 fully saturated rings. The van der Waals surface area contributed by atoms with Crippen LogP contribution in [0.25, 0.3) is 5.65 Å². The molecule has 0 saturated heterocycles. The van der Waals surface area contributed by atoms with Gasteiger partial charge in [-0.15, -0.1) is 0 Å². The number of benzene rings is 1. The molecule has 0 radical (unpaired) electrons. The summed E-state index contributed by atoms with van der Waals surface area (Å²) in [4.78, 5) is 30.0. The summed E-state index contributed by atoms with van der Waals surface area (Å²) in [5.74, 6) is -3.93. The monoisotopic (exact) mass is 563 g/mol. The molecule has 2 atom stereocenters. The molecule has 2 amide bonds. The Bertz CT molecular complexity index is 1350. The van der Waals surface area contributed by atoms with Gasteiger partial charge in [-0.05, 0) is 61.3 Å². The van der Waals surface area contributed by atoms with Crippen molar-refractivity contribution in [2.45, 2.75) is 75.5 Å². The van der Waals surface area contributed by atoms with Gasteiger partial charge in [-0.1, -0.05) is 18.2 Å². The zero-order valence-corrected chi connectivity index (χ0v) is 21.6. The smallest absolute Gasteiger partial charge is 0.349 e. The van der Waals surface area contributed by atoms with Crippen molar-refractivity contribution in [1.82, 2.24) is 25.2 Å². The molecular formula is C28H30F5N5O2. The lowest BCUT2D eigenvalue weighted by atomic mass is 9.81. The lowest BCUT2D eigenvalue weighted by molar-refractivity contribution is -0.144. The number of hydrogen-bond donors (Lipinski definition) is 2. The maximum Gasteiger partial charge on any atom is 0.389 e. The summed E-state index contributed by atoms with van der Waals surface area (Å²) in [7, 11) is 0. The van der Waals surface area contributed by atoms with Gasteiger partial charge in [0.2, 0.25) is 11.8 Å². The fourth-order valence-electron chi connectivity index (χ4n) is 5.28. The number of halogens is 5. The highest BCUT2D eigenvalue weighted by atomic mass is 19.4. The number of amides is 2. The highest BCUT2D eigenvalue weighted by Gasteiger charge is 2.40. The molecule has 0 bridgehead atoms. The fraction of sp³-hybridized carbons (Fsp3) is 0.500. The van der Waals surface area contributed by atoms with Gasteiger partial charge >= 0.3 is 6.18 Å². The predicted octanol–water partition coefficient (Wildman–Crippen LogP) is 5.94. The standard InChI is InChI=1S/C28H30F5N5O2/c29-27(30)11-8-18(9-12-27)25(37-26(40)19-4-2-1-3-5-19)21-16-38-22(35-21)14-20(15-34-38)24(17-6-7-17)36-23(39)10-13-28(31,32)33/h1-5,14-18,24-25H,6-13H2,(H,36,39)(H,37,40)/t24?,25-/m0/s1. The minimum Gasteiger partial charge on any atom is -0.349 e. The van der Waals surface area contributed by atoms with Crippen LogP contribution < -0.4 is 10.6 Å². The largest absolute Gasteiger partial charge is 0.389 e. The molecule has 7 nitrogen and oxygen atoms in total. The number of fused-ring (bicyclic) bond motifs is 1. The number of nitrogens with one attached hydrogen (secondary N) is 2. The maximum atomic E-state index is 13.9. The van der Waals surface area contributed by atoms with Gasteiger partial charge in [-0.2, -0.15) is 18.3 Å². The van der Waals surface area contributed by atoms with Crippen molar-refractivity contribution < 1.29 is 31.5 Å². The Morgan fingerprint density at radius 3 is 2.33 bits per heavy atom. The highest BCUT2D eigenvalue weighted by Crippen LogP contribution is 2.43. The van der Waals surface area contributed by atoms with E-state index in [1.807, 2.05) is 0 Å². The van der Waals surface area contributed by atoms with Crippen LogP contribution in [0.2, 0.25) is 0 Å². The number of imidazole rings is 1. The molecule has 2 heterocycles. The summed E-state index contributed by atoms with van der Waals surface area (Å²) in [5, 5.41) is 10.1. The van der Waals surface area contributed by atoms with E-state index in [-0.39, 0.29) is 43.4 Å². The second-order valence-corrected chi connectivity index (χ2v) is 10.8. The Balaban J connectivity index is 1.39. The van der Waals surface area contributed by atoms with Crippen LogP contribution in [0, 0.1) is 11.8 Å². The molecule has 1 unspecified atom stereocenters. The van der Waals surface area contributed by atoms with Crippen LogP contribution in [0.5, 0.6) is 0 Å². The molecule has 5 rings (SSSR count). The van der Waals surface area contributed by atoms with Crippen LogP contribution >= 0.6 is 0 Å². The zero-order valence-electron chi connectivity index (χ0n) is 21.6. The van der Waals surface area contributed by atoms with Crippen molar-refractivity contribution >= 4 is 17.5 Å². The average Bonchev–Trinajstić information content (AvgIpc) is 3.67. The zero-order chi connectivity index (χ0) is 28.5. The van der Waals surface area contributed by atoms with Gasteiger partial charge < -0.3 is 10.6 Å². The van der Waals surface area contributed by atoms with E-state index in [1.54, 1.807) is 48.8 Å². The first-order chi connectivity index (χ1) is 19.0. The SMILES string of the molecule is O=C(CCC(F)(F)F)NC(c1cnn2cc([C@@H](NC(=O)c3ccccc3)C3CCC(F)(F)CC3)nc2c1)C1CC1. The quantitative estimate of drug-likeness (QED) is 0.316. The van der Waals surface area contributed by atoms with Crippen molar-refractivity contribution in [1.29, 1.82) is 0 Å². The lowest BCUT2D eigenvalue weighted by Gasteiger charge is -2.33. The second kappa shape index (κ2) is 11.1. The van der Waals surface area contributed by atoms with Crippen LogP contribution in [-0.2, 0) is 4.79 Å². The summed E-state index contributed by atoms with van der Waals surface area (Å²) >= 11 is 0. The van der Waals surface area contributed by atoms with E-state index in [0.29, 0.717) is 22.5 Å². The van der Waals surface area contributed by atoms with Gasteiger partial charge in [0.25, 0.3) is 5.91 Å². The van der Waals surface area contributed by atoms with Crippen molar-refractivity contribution in [2.24, 2.45) is 11.8 Å². The van der Waals surface area contributed by atoms with Gasteiger partial charge in [0, 0.05) is 24.8 Å². The normalized spacial score (nSPS) is 19.2. The third-order valence-corrected chi connectivity index (χ3v) is 7.64. The number of nitrogens with zero attached hydrogens (tertiary/aromatic N) is 3. The molecule has 2 aliphatic carbocycles. The van der Waals surface area contributed by atoms with Gasteiger partial charge in [-0.3, -0.25) is 9.59 Å². The first kappa shape index (κ1) is 28.0. The molecule has 40 heavy (non-hydrogen) atoms. The molecule has 12 heteroatoms. The number of carbonyl (C=O) groups excluding carboxylic acids is 2. The summed E-state index contributed by atoms with van der Waals surface area (Å²) in [5.41, 5.74) is 1.95. The Morgan fingerprint density at radius 2 is 1.68 bits per heavy atom. The van der Waals surface area contributed by atoms with Gasteiger partial charge in [0.05, 0.1) is 36.6 Å². The van der Waals surface area contributed by atoms with E-state index in [1.165, 1.54) is 4.52 Å². The second-order valence-electron chi connectivity index (χ2n) is 10.8. The molecule has 2 aliphatic rings. The van der Waals surface area contributed by atoms with E-state index >= 15 is 0 Å². The van der Waals surface area contributed by atoms with Gasteiger partial charge in [-0.25, -0.2) is 18.3 Å². The highest BCUT2D eigenvalue weighted by molar-refractivity contribution is 5.94. The Kier molecular flexibility index (Phi) is 7.78. The number of hydrogen-bond acceptors (Lipinski definition) is 4. The molecule has 2 saturated carbocycles. The van der Waals surface area contributed by atoms with Crippen molar-refractivity contribution in [3.8, 4) is 0 Å². The van der Waals surface area contributed by atoms with E-state index in [9.17, 15) is 31.5 Å². The van der Waals surface area contributed by atoms with Crippen molar-refractivity contribution in [2.75, 3.05) is 0 Å². The molecule has 3 aromatic rings. The minimum absolute atomic E-state index is 0.0929. The summed E-state index contributed by atoms with van der Waals surface area (Å²) in [6, 6.07) is 9.19. The first-order valence-electron chi connectivity index (χ1n) is 13.4. The first-order valence-corrected chi connectivity index (χ1v) is 13.4. The number of aromatic nitrogens is 3. The summed E-state index contributed by atoms with van der Waals surface area (Å²) < 4.78 is 67.1. The van der Waals surface area contributed by atoms with E-state index in [0.717, 1.165) is 12.8 Å². The third-order valence-electron chi connectivity index (χ3n) is 7.64.